The Hall–Kier alpha value is -1.39. The van der Waals surface area contributed by atoms with Gasteiger partial charge in [-0.1, -0.05) is 20.8 Å². The molecule has 0 aromatic carbocycles. The smallest absolute Gasteiger partial charge is 0.303 e. The Kier molecular flexibility index (Phi) is 5.72. The number of carbonyl (C=O) groups is 3. The van der Waals surface area contributed by atoms with Gasteiger partial charge in [0.15, 0.2) is 0 Å². The first-order chi connectivity index (χ1) is 9.36. The Morgan fingerprint density at radius 1 is 1.30 bits per heavy atom. The van der Waals surface area contributed by atoms with Gasteiger partial charge in [-0.3, -0.25) is 19.3 Å². The van der Waals surface area contributed by atoms with E-state index in [-0.39, 0.29) is 24.2 Å². The lowest BCUT2D eigenvalue weighted by molar-refractivity contribution is -0.142. The van der Waals surface area contributed by atoms with Crippen molar-refractivity contribution in [1.82, 2.24) is 4.90 Å². The zero-order valence-electron chi connectivity index (χ0n) is 12.6. The third kappa shape index (κ3) is 3.58. The fourth-order valence-corrected chi connectivity index (χ4v) is 2.75. The maximum atomic E-state index is 12.4. The summed E-state index contributed by atoms with van der Waals surface area (Å²) in [5.41, 5.74) is -0.499. The van der Waals surface area contributed by atoms with Crippen LogP contribution in [-0.2, 0) is 14.4 Å². The van der Waals surface area contributed by atoms with Crippen molar-refractivity contribution in [3.8, 4) is 0 Å². The van der Waals surface area contributed by atoms with E-state index in [4.69, 9.17) is 5.11 Å². The van der Waals surface area contributed by atoms with Crippen molar-refractivity contribution in [2.75, 3.05) is 6.54 Å². The van der Waals surface area contributed by atoms with Crippen LogP contribution in [0.2, 0.25) is 0 Å². The van der Waals surface area contributed by atoms with Gasteiger partial charge in [-0.05, 0) is 31.6 Å². The van der Waals surface area contributed by atoms with Gasteiger partial charge >= 0.3 is 5.97 Å². The molecule has 0 aromatic rings. The van der Waals surface area contributed by atoms with Gasteiger partial charge in [-0.2, -0.15) is 0 Å². The molecular weight excluding hydrogens is 258 g/mol. The molecule has 1 heterocycles. The Bertz CT molecular complexity index is 387. The Morgan fingerprint density at radius 3 is 2.35 bits per heavy atom. The molecule has 1 fully saturated rings. The van der Waals surface area contributed by atoms with E-state index < -0.39 is 11.4 Å². The van der Waals surface area contributed by atoms with Gasteiger partial charge in [0.2, 0.25) is 11.8 Å². The standard InChI is InChI=1S/C15H25NO4/c1-4-15(5-2)10-12(17)16(14(15)20)9-8-11(3)6-7-13(18)19/h11H,4-10H2,1-3H3,(H,18,19). The fraction of sp³-hybridized carbons (Fsp3) is 0.800. The summed E-state index contributed by atoms with van der Waals surface area (Å²) in [6.07, 6.45) is 3.10. The normalized spacial score (nSPS) is 19.4. The summed E-state index contributed by atoms with van der Waals surface area (Å²) in [5.74, 6) is -0.729. The van der Waals surface area contributed by atoms with Crippen LogP contribution in [0, 0.1) is 11.3 Å². The van der Waals surface area contributed by atoms with Crippen LogP contribution in [0.25, 0.3) is 0 Å². The van der Waals surface area contributed by atoms with Crippen molar-refractivity contribution in [3.05, 3.63) is 0 Å². The number of aliphatic carboxylic acids is 1. The molecular formula is C15H25NO4. The number of carboxylic acid groups (broad SMARTS) is 1. The predicted octanol–water partition coefficient (Wildman–Crippen LogP) is 2.44. The molecule has 0 saturated carbocycles. The minimum Gasteiger partial charge on any atom is -0.481 e. The van der Waals surface area contributed by atoms with E-state index in [1.165, 1.54) is 4.90 Å². The molecule has 1 aliphatic rings. The molecule has 0 aromatic heterocycles. The van der Waals surface area contributed by atoms with E-state index in [2.05, 4.69) is 0 Å². The number of imide groups is 1. The van der Waals surface area contributed by atoms with Crippen molar-refractivity contribution in [2.24, 2.45) is 11.3 Å². The van der Waals surface area contributed by atoms with Crippen LogP contribution in [0.5, 0.6) is 0 Å². The van der Waals surface area contributed by atoms with E-state index in [1.54, 1.807) is 0 Å². The number of carbonyl (C=O) groups excluding carboxylic acids is 2. The lowest BCUT2D eigenvalue weighted by Gasteiger charge is -2.24. The number of nitrogens with zero attached hydrogens (tertiary/aromatic N) is 1. The van der Waals surface area contributed by atoms with E-state index in [0.717, 1.165) is 0 Å². The Labute approximate surface area is 120 Å². The highest BCUT2D eigenvalue weighted by Gasteiger charge is 2.48. The molecule has 1 rings (SSSR count). The minimum atomic E-state index is -0.804. The molecule has 1 aliphatic heterocycles. The molecule has 0 bridgehead atoms. The SMILES string of the molecule is CCC1(CC)CC(=O)N(CCC(C)CCC(=O)O)C1=O. The highest BCUT2D eigenvalue weighted by molar-refractivity contribution is 6.05. The highest BCUT2D eigenvalue weighted by atomic mass is 16.4. The van der Waals surface area contributed by atoms with Gasteiger partial charge in [-0.15, -0.1) is 0 Å². The van der Waals surface area contributed by atoms with Gasteiger partial charge in [0.1, 0.15) is 0 Å². The number of amides is 2. The zero-order valence-corrected chi connectivity index (χ0v) is 12.6. The molecule has 2 amide bonds. The monoisotopic (exact) mass is 283 g/mol. The Morgan fingerprint density at radius 2 is 1.90 bits per heavy atom. The number of rotatable bonds is 8. The predicted molar refractivity (Wildman–Crippen MR) is 75.0 cm³/mol. The first-order valence-electron chi connectivity index (χ1n) is 7.43. The first-order valence-corrected chi connectivity index (χ1v) is 7.43. The van der Waals surface area contributed by atoms with Crippen molar-refractivity contribution in [3.63, 3.8) is 0 Å². The van der Waals surface area contributed by atoms with Gasteiger partial charge < -0.3 is 5.11 Å². The molecule has 0 aliphatic carbocycles. The van der Waals surface area contributed by atoms with Gasteiger partial charge in [0.05, 0.1) is 5.41 Å². The number of hydrogen-bond acceptors (Lipinski definition) is 3. The zero-order chi connectivity index (χ0) is 15.3. The Balaban J connectivity index is 2.54. The molecule has 1 unspecified atom stereocenters. The van der Waals surface area contributed by atoms with Gasteiger partial charge in [-0.25, -0.2) is 0 Å². The fourth-order valence-electron chi connectivity index (χ4n) is 2.75. The van der Waals surface area contributed by atoms with E-state index in [9.17, 15) is 14.4 Å². The van der Waals surface area contributed by atoms with Crippen molar-refractivity contribution in [1.29, 1.82) is 0 Å². The molecule has 5 nitrogen and oxygen atoms in total. The second-order valence-electron chi connectivity index (χ2n) is 5.84. The van der Waals surface area contributed by atoms with Crippen LogP contribution < -0.4 is 0 Å². The average Bonchev–Trinajstić information content (AvgIpc) is 2.66. The van der Waals surface area contributed by atoms with Crippen LogP contribution in [0.1, 0.15) is 59.3 Å². The third-order valence-electron chi connectivity index (χ3n) is 4.54. The van der Waals surface area contributed by atoms with E-state index >= 15 is 0 Å². The van der Waals surface area contributed by atoms with Crippen LogP contribution in [0.4, 0.5) is 0 Å². The van der Waals surface area contributed by atoms with E-state index in [0.29, 0.717) is 38.6 Å². The second kappa shape index (κ2) is 6.86. The first kappa shape index (κ1) is 16.7. The van der Waals surface area contributed by atoms with E-state index in [1.807, 2.05) is 20.8 Å². The maximum absolute atomic E-state index is 12.4. The third-order valence-corrected chi connectivity index (χ3v) is 4.54. The number of carboxylic acids is 1. The highest BCUT2D eigenvalue weighted by Crippen LogP contribution is 2.39. The number of likely N-dealkylation sites (tertiary alicyclic amines) is 1. The summed E-state index contributed by atoms with van der Waals surface area (Å²) in [4.78, 5) is 36.3. The lowest BCUT2D eigenvalue weighted by Crippen LogP contribution is -2.36. The summed E-state index contributed by atoms with van der Waals surface area (Å²) in [7, 11) is 0. The van der Waals surface area contributed by atoms with Crippen LogP contribution in [0.15, 0.2) is 0 Å². The van der Waals surface area contributed by atoms with Crippen molar-refractivity contribution in [2.45, 2.75) is 59.3 Å². The summed E-state index contributed by atoms with van der Waals surface area (Å²) < 4.78 is 0. The number of hydrogen-bond donors (Lipinski definition) is 1. The molecule has 1 N–H and O–H groups in total. The molecule has 1 atom stereocenters. The second-order valence-corrected chi connectivity index (χ2v) is 5.84. The summed E-state index contributed by atoms with van der Waals surface area (Å²) >= 11 is 0. The summed E-state index contributed by atoms with van der Waals surface area (Å²) in [6, 6.07) is 0. The molecule has 0 radical (unpaired) electrons. The topological polar surface area (TPSA) is 74.7 Å². The molecule has 1 saturated heterocycles. The van der Waals surface area contributed by atoms with Gasteiger partial charge in [0.25, 0.3) is 0 Å². The average molecular weight is 283 g/mol. The quantitative estimate of drug-likeness (QED) is 0.694. The van der Waals surface area contributed by atoms with Crippen LogP contribution in [0.3, 0.4) is 0 Å². The van der Waals surface area contributed by atoms with Crippen LogP contribution in [-0.4, -0.2) is 34.3 Å². The van der Waals surface area contributed by atoms with Crippen molar-refractivity contribution < 1.29 is 19.5 Å². The lowest BCUT2D eigenvalue weighted by atomic mass is 9.81. The molecule has 20 heavy (non-hydrogen) atoms. The largest absolute Gasteiger partial charge is 0.481 e. The van der Waals surface area contributed by atoms with Crippen LogP contribution >= 0.6 is 0 Å². The maximum Gasteiger partial charge on any atom is 0.303 e. The minimum absolute atomic E-state index is 0.0436. The molecule has 0 spiro atoms. The summed E-state index contributed by atoms with van der Waals surface area (Å²) in [5, 5.41) is 8.64. The van der Waals surface area contributed by atoms with Crippen molar-refractivity contribution >= 4 is 17.8 Å². The molecule has 5 heteroatoms. The summed E-state index contributed by atoms with van der Waals surface area (Å²) in [6.45, 7) is 6.28. The molecule has 114 valence electrons. The van der Waals surface area contributed by atoms with Gasteiger partial charge in [0, 0.05) is 19.4 Å².